The molecule has 1 fully saturated rings. The molecule has 3 N–H and O–H groups in total. The highest BCUT2D eigenvalue weighted by molar-refractivity contribution is 5.95. The van der Waals surface area contributed by atoms with E-state index >= 15 is 0 Å². The van der Waals surface area contributed by atoms with Crippen LogP contribution in [0.15, 0.2) is 48.5 Å². The molecule has 0 bridgehead atoms. The van der Waals surface area contributed by atoms with Crippen molar-refractivity contribution < 1.29 is 14.3 Å². The van der Waals surface area contributed by atoms with Crippen LogP contribution in [0.25, 0.3) is 0 Å². The molecule has 6 heteroatoms. The summed E-state index contributed by atoms with van der Waals surface area (Å²) in [5.41, 5.74) is 8.74. The van der Waals surface area contributed by atoms with Crippen molar-refractivity contribution in [2.24, 2.45) is 5.73 Å². The Balaban J connectivity index is 1.56. The number of nitrogens with zero attached hydrogens (tertiary/aromatic N) is 1. The fourth-order valence-corrected chi connectivity index (χ4v) is 3.37. The minimum Gasteiger partial charge on any atom is -0.372 e. The van der Waals surface area contributed by atoms with Gasteiger partial charge < -0.3 is 20.7 Å². The summed E-state index contributed by atoms with van der Waals surface area (Å²) < 4.78 is 5.68. The molecule has 0 radical (unpaired) electrons. The van der Waals surface area contributed by atoms with Crippen molar-refractivity contribution >= 4 is 11.8 Å². The highest BCUT2D eigenvalue weighted by Crippen LogP contribution is 2.15. The lowest BCUT2D eigenvalue weighted by Crippen LogP contribution is -2.48. The molecule has 1 heterocycles. The van der Waals surface area contributed by atoms with Crippen molar-refractivity contribution in [3.63, 3.8) is 0 Å². The fourth-order valence-electron chi connectivity index (χ4n) is 3.37. The summed E-state index contributed by atoms with van der Waals surface area (Å²) in [6.07, 6.45) is 0.0854. The van der Waals surface area contributed by atoms with Crippen molar-refractivity contribution in [3.8, 4) is 0 Å². The average Bonchev–Trinajstić information content (AvgIpc) is 2.71. The molecule has 148 valence electrons. The number of carbonyl (C=O) groups is 2. The lowest BCUT2D eigenvalue weighted by molar-refractivity contribution is -0.0586. The Labute approximate surface area is 165 Å². The number of nitrogens with one attached hydrogen (secondary N) is 1. The smallest absolute Gasteiger partial charge is 0.254 e. The third kappa shape index (κ3) is 4.97. The molecule has 2 atom stereocenters. The third-order valence-electron chi connectivity index (χ3n) is 4.81. The van der Waals surface area contributed by atoms with E-state index in [0.717, 1.165) is 11.1 Å². The largest absolute Gasteiger partial charge is 0.372 e. The Kier molecular flexibility index (Phi) is 6.44. The van der Waals surface area contributed by atoms with Gasteiger partial charge in [0.2, 0.25) is 0 Å². The number of benzene rings is 2. The molecule has 1 aliphatic rings. The van der Waals surface area contributed by atoms with Crippen molar-refractivity contribution in [3.05, 3.63) is 70.8 Å². The first-order valence-corrected chi connectivity index (χ1v) is 9.57. The minimum absolute atomic E-state index is 0.0116. The molecule has 2 aromatic rings. The zero-order valence-electron chi connectivity index (χ0n) is 16.4. The number of carbonyl (C=O) groups excluding carboxylic acids is 2. The predicted octanol–water partition coefficient (Wildman–Crippen LogP) is 2.32. The van der Waals surface area contributed by atoms with Gasteiger partial charge in [-0.1, -0.05) is 24.3 Å². The van der Waals surface area contributed by atoms with E-state index in [1.165, 1.54) is 0 Å². The van der Waals surface area contributed by atoms with Gasteiger partial charge >= 0.3 is 0 Å². The molecule has 0 aromatic heterocycles. The quantitative estimate of drug-likeness (QED) is 0.832. The van der Waals surface area contributed by atoms with Crippen LogP contribution in [0.1, 0.15) is 45.7 Å². The zero-order chi connectivity index (χ0) is 20.1. The van der Waals surface area contributed by atoms with E-state index in [9.17, 15) is 9.59 Å². The van der Waals surface area contributed by atoms with E-state index in [4.69, 9.17) is 10.5 Å². The maximum absolute atomic E-state index is 12.7. The first-order valence-electron chi connectivity index (χ1n) is 9.57. The monoisotopic (exact) mass is 381 g/mol. The number of nitrogens with two attached hydrogens (primary N) is 1. The number of morpholine rings is 1. The summed E-state index contributed by atoms with van der Waals surface area (Å²) in [5, 5.41) is 2.89. The molecule has 2 aromatic carbocycles. The van der Waals surface area contributed by atoms with Crippen molar-refractivity contribution in [2.75, 3.05) is 13.1 Å². The average molecular weight is 381 g/mol. The van der Waals surface area contributed by atoms with Crippen molar-refractivity contribution in [1.29, 1.82) is 0 Å². The first-order chi connectivity index (χ1) is 13.5. The van der Waals surface area contributed by atoms with Gasteiger partial charge in [-0.05, 0) is 49.2 Å². The Morgan fingerprint density at radius 2 is 1.50 bits per heavy atom. The second-order valence-electron chi connectivity index (χ2n) is 7.25. The Bertz CT molecular complexity index is 808. The molecule has 2 unspecified atom stereocenters. The van der Waals surface area contributed by atoms with Crippen LogP contribution in [0.4, 0.5) is 0 Å². The maximum atomic E-state index is 12.7. The summed E-state index contributed by atoms with van der Waals surface area (Å²) in [6, 6.07) is 14.6. The standard InChI is InChI=1S/C22H27N3O3/c1-15-13-25(14-16(2)28-15)22(27)20-9-5-18(6-10-20)12-24-21(26)19-7-3-17(11-23)4-8-19/h3-10,15-16H,11-14,23H2,1-2H3,(H,24,26). The van der Waals surface area contributed by atoms with Gasteiger partial charge in [0, 0.05) is 37.3 Å². The molecule has 3 rings (SSSR count). The van der Waals surface area contributed by atoms with Crippen LogP contribution in [0.2, 0.25) is 0 Å². The maximum Gasteiger partial charge on any atom is 0.254 e. The second kappa shape index (κ2) is 8.99. The van der Waals surface area contributed by atoms with E-state index in [2.05, 4.69) is 5.32 Å². The molecular formula is C22H27N3O3. The van der Waals surface area contributed by atoms with E-state index in [1.54, 1.807) is 12.1 Å². The molecule has 6 nitrogen and oxygen atoms in total. The lowest BCUT2D eigenvalue weighted by atomic mass is 10.1. The van der Waals surface area contributed by atoms with Gasteiger partial charge in [0.1, 0.15) is 0 Å². The van der Waals surface area contributed by atoms with Gasteiger partial charge in [-0.2, -0.15) is 0 Å². The van der Waals surface area contributed by atoms with Crippen LogP contribution in [-0.4, -0.2) is 42.0 Å². The lowest BCUT2D eigenvalue weighted by Gasteiger charge is -2.35. The minimum atomic E-state index is -0.139. The summed E-state index contributed by atoms with van der Waals surface area (Å²) in [6.45, 7) is 6.01. The van der Waals surface area contributed by atoms with Crippen molar-refractivity contribution in [2.45, 2.75) is 39.1 Å². The van der Waals surface area contributed by atoms with E-state index < -0.39 is 0 Å². The van der Waals surface area contributed by atoms with Crippen LogP contribution in [-0.2, 0) is 17.8 Å². The van der Waals surface area contributed by atoms with E-state index in [-0.39, 0.29) is 24.0 Å². The SMILES string of the molecule is CC1CN(C(=O)c2ccc(CNC(=O)c3ccc(CN)cc3)cc2)CC(C)O1. The number of ether oxygens (including phenoxy) is 1. The third-order valence-corrected chi connectivity index (χ3v) is 4.81. The summed E-state index contributed by atoms with van der Waals surface area (Å²) in [7, 11) is 0. The number of hydrogen-bond acceptors (Lipinski definition) is 4. The van der Waals surface area contributed by atoms with Gasteiger partial charge in [0.25, 0.3) is 11.8 Å². The predicted molar refractivity (Wildman–Crippen MR) is 108 cm³/mol. The molecule has 0 spiro atoms. The second-order valence-corrected chi connectivity index (χ2v) is 7.25. The van der Waals surface area contributed by atoms with Crippen LogP contribution in [0.3, 0.4) is 0 Å². The van der Waals surface area contributed by atoms with Gasteiger partial charge in [0.15, 0.2) is 0 Å². The first kappa shape index (κ1) is 20.0. The fraction of sp³-hybridized carbons (Fsp3) is 0.364. The number of hydrogen-bond donors (Lipinski definition) is 2. The Hall–Kier alpha value is -2.70. The van der Waals surface area contributed by atoms with E-state index in [1.807, 2.05) is 55.1 Å². The van der Waals surface area contributed by atoms with Gasteiger partial charge in [-0.25, -0.2) is 0 Å². The number of rotatable bonds is 5. The molecule has 1 aliphatic heterocycles. The molecule has 28 heavy (non-hydrogen) atoms. The van der Waals surface area contributed by atoms with Crippen LogP contribution in [0.5, 0.6) is 0 Å². The normalized spacial score (nSPS) is 19.3. The highest BCUT2D eigenvalue weighted by Gasteiger charge is 2.26. The van der Waals surface area contributed by atoms with E-state index in [0.29, 0.717) is 37.3 Å². The highest BCUT2D eigenvalue weighted by atomic mass is 16.5. The molecule has 0 saturated carbocycles. The zero-order valence-corrected chi connectivity index (χ0v) is 16.4. The molecule has 1 saturated heterocycles. The number of amides is 2. The summed E-state index contributed by atoms with van der Waals surface area (Å²) >= 11 is 0. The summed E-state index contributed by atoms with van der Waals surface area (Å²) in [5.74, 6) is -0.127. The molecule has 0 aliphatic carbocycles. The van der Waals surface area contributed by atoms with Crippen LogP contribution < -0.4 is 11.1 Å². The molecular weight excluding hydrogens is 354 g/mol. The Morgan fingerprint density at radius 3 is 2.07 bits per heavy atom. The van der Waals surface area contributed by atoms with Gasteiger partial charge in [-0.15, -0.1) is 0 Å². The molecule has 2 amide bonds. The van der Waals surface area contributed by atoms with Gasteiger partial charge in [0.05, 0.1) is 12.2 Å². The van der Waals surface area contributed by atoms with Crippen molar-refractivity contribution in [1.82, 2.24) is 10.2 Å². The Morgan fingerprint density at radius 1 is 0.964 bits per heavy atom. The summed E-state index contributed by atoms with van der Waals surface area (Å²) in [4.78, 5) is 26.8. The van der Waals surface area contributed by atoms with Crippen LogP contribution in [0, 0.1) is 0 Å². The topological polar surface area (TPSA) is 84.7 Å². The van der Waals surface area contributed by atoms with Crippen LogP contribution >= 0.6 is 0 Å². The van der Waals surface area contributed by atoms with Gasteiger partial charge in [-0.3, -0.25) is 9.59 Å².